The number of phenols is 1. The molecular weight excluding hydrogens is 620 g/mol. The van der Waals surface area contributed by atoms with Crippen LogP contribution in [0.2, 0.25) is 0 Å². The number of aliphatic carboxylic acids is 1. The van der Waals surface area contributed by atoms with Gasteiger partial charge in [0, 0.05) is 54.8 Å². The molecule has 0 spiro atoms. The monoisotopic (exact) mass is 660 g/mol. The van der Waals surface area contributed by atoms with Crippen LogP contribution in [0.5, 0.6) is 5.75 Å². The van der Waals surface area contributed by atoms with Gasteiger partial charge in [-0.3, -0.25) is 19.4 Å². The fourth-order valence-electron chi connectivity index (χ4n) is 5.12. The van der Waals surface area contributed by atoms with E-state index < -0.39 is 47.9 Å². The molecule has 16 nitrogen and oxygen atoms in total. The average molecular weight is 661 g/mol. The maximum Gasteiger partial charge on any atom is 0.326 e. The predicted molar refractivity (Wildman–Crippen MR) is 177 cm³/mol. The number of guanidine groups is 1. The number of carbonyl (C=O) groups excluding carboxylic acids is 3. The molecule has 0 saturated heterocycles. The Labute approximate surface area is 275 Å². The number of carboxylic acid groups (broad SMARTS) is 1. The summed E-state index contributed by atoms with van der Waals surface area (Å²) in [7, 11) is 0. The number of aromatic hydroxyl groups is 1. The third-order valence-electron chi connectivity index (χ3n) is 7.63. The number of imidazole rings is 1. The number of nitrogens with two attached hydrogens (primary N) is 3. The lowest BCUT2D eigenvalue weighted by atomic mass is 10.0. The van der Waals surface area contributed by atoms with Gasteiger partial charge in [-0.15, -0.1) is 0 Å². The number of fused-ring (bicyclic) bond motifs is 1. The Bertz CT molecular complexity index is 1720. The molecule has 2 aromatic heterocycles. The Morgan fingerprint density at radius 1 is 0.854 bits per heavy atom. The Balaban J connectivity index is 1.53. The highest BCUT2D eigenvalue weighted by Gasteiger charge is 2.31. The minimum absolute atomic E-state index is 0.00322. The first-order chi connectivity index (χ1) is 23.0. The third kappa shape index (κ3) is 10.1. The number of aromatic nitrogens is 3. The van der Waals surface area contributed by atoms with Crippen LogP contribution in [0, 0.1) is 0 Å². The molecule has 16 heteroatoms. The molecule has 4 rings (SSSR count). The number of hydrogen-bond acceptors (Lipinski definition) is 8. The molecule has 48 heavy (non-hydrogen) atoms. The normalized spacial score (nSPS) is 13.5. The number of phenolic OH excluding ortho intramolecular Hbond substituents is 1. The average Bonchev–Trinajstić information content (AvgIpc) is 3.72. The van der Waals surface area contributed by atoms with Crippen molar-refractivity contribution in [2.45, 2.75) is 56.3 Å². The summed E-state index contributed by atoms with van der Waals surface area (Å²) in [5.74, 6) is -3.47. The van der Waals surface area contributed by atoms with Crippen molar-refractivity contribution in [2.24, 2.45) is 22.2 Å². The standard InChI is InChI=1S/C32H40N10O6/c33-23(14-20-16-36-17-39-20)28(44)40-25(6-3-11-37-32(34)35)29(45)41-26(12-18-7-9-21(43)10-8-18)30(46)42-27(31(47)48)13-19-15-38-24-5-2-1-4-22(19)24/h1-2,4-5,7-10,15-17,23,25-27,38,43H,3,6,11-14,33H2,(H,36,39)(H,40,44)(H,41,45)(H,42,46)(H,47,48)(H4,34,35,37). The summed E-state index contributed by atoms with van der Waals surface area (Å²) in [6, 6.07) is 8.63. The van der Waals surface area contributed by atoms with Crippen molar-refractivity contribution < 1.29 is 29.4 Å². The molecule has 2 heterocycles. The van der Waals surface area contributed by atoms with Gasteiger partial charge in [0.2, 0.25) is 17.7 Å². The number of carbonyl (C=O) groups is 4. The zero-order valence-electron chi connectivity index (χ0n) is 26.1. The summed E-state index contributed by atoms with van der Waals surface area (Å²) < 4.78 is 0. The summed E-state index contributed by atoms with van der Waals surface area (Å²) >= 11 is 0. The van der Waals surface area contributed by atoms with Crippen LogP contribution < -0.4 is 33.2 Å². The largest absolute Gasteiger partial charge is 0.508 e. The molecule has 254 valence electrons. The molecule has 0 fully saturated rings. The lowest BCUT2D eigenvalue weighted by molar-refractivity contribution is -0.142. The van der Waals surface area contributed by atoms with E-state index in [2.05, 4.69) is 35.9 Å². The van der Waals surface area contributed by atoms with Crippen LogP contribution in [0.1, 0.15) is 29.7 Å². The summed E-state index contributed by atoms with van der Waals surface area (Å²) in [6.45, 7) is 0.174. The Morgan fingerprint density at radius 2 is 1.54 bits per heavy atom. The van der Waals surface area contributed by atoms with Crippen LogP contribution in [0.3, 0.4) is 0 Å². The van der Waals surface area contributed by atoms with Crippen molar-refractivity contribution in [1.82, 2.24) is 30.9 Å². The van der Waals surface area contributed by atoms with Crippen molar-refractivity contribution >= 4 is 40.6 Å². The molecule has 0 radical (unpaired) electrons. The lowest BCUT2D eigenvalue weighted by Gasteiger charge is -2.25. The van der Waals surface area contributed by atoms with Crippen molar-refractivity contribution in [2.75, 3.05) is 6.54 Å². The number of para-hydroxylation sites is 1. The molecule has 0 saturated carbocycles. The van der Waals surface area contributed by atoms with Gasteiger partial charge in [0.15, 0.2) is 5.96 Å². The molecule has 3 amide bonds. The number of rotatable bonds is 17. The van der Waals surface area contributed by atoms with Crippen LogP contribution in [0.4, 0.5) is 0 Å². The third-order valence-corrected chi connectivity index (χ3v) is 7.63. The van der Waals surface area contributed by atoms with Gasteiger partial charge in [0.05, 0.1) is 12.4 Å². The summed E-state index contributed by atoms with van der Waals surface area (Å²) in [6.07, 6.45) is 5.12. The van der Waals surface area contributed by atoms with E-state index in [4.69, 9.17) is 17.2 Å². The van der Waals surface area contributed by atoms with E-state index in [0.29, 0.717) is 23.2 Å². The fraction of sp³-hybridized carbons (Fsp3) is 0.312. The first-order valence-corrected chi connectivity index (χ1v) is 15.2. The van der Waals surface area contributed by atoms with Gasteiger partial charge in [-0.25, -0.2) is 9.78 Å². The molecule has 0 aliphatic rings. The predicted octanol–water partition coefficient (Wildman–Crippen LogP) is -0.456. The second-order valence-electron chi connectivity index (χ2n) is 11.3. The van der Waals surface area contributed by atoms with E-state index in [1.165, 1.54) is 24.7 Å². The molecule has 13 N–H and O–H groups in total. The lowest BCUT2D eigenvalue weighted by Crippen LogP contribution is -2.58. The van der Waals surface area contributed by atoms with Crippen molar-refractivity contribution in [3.8, 4) is 5.75 Å². The zero-order chi connectivity index (χ0) is 34.6. The number of aliphatic imine (C=N–C) groups is 1. The van der Waals surface area contributed by atoms with Gasteiger partial charge < -0.3 is 53.3 Å². The molecule has 4 aromatic rings. The Hall–Kier alpha value is -5.90. The number of carboxylic acids is 1. The van der Waals surface area contributed by atoms with E-state index in [9.17, 15) is 29.4 Å². The topological polar surface area (TPSA) is 280 Å². The Kier molecular flexibility index (Phi) is 12.1. The summed E-state index contributed by atoms with van der Waals surface area (Å²) in [4.78, 5) is 66.6. The number of nitrogens with one attached hydrogen (secondary N) is 5. The van der Waals surface area contributed by atoms with Crippen LogP contribution in [-0.2, 0) is 38.4 Å². The molecule has 0 aliphatic carbocycles. The first-order valence-electron chi connectivity index (χ1n) is 15.2. The molecule has 0 bridgehead atoms. The van der Waals surface area contributed by atoms with E-state index >= 15 is 0 Å². The van der Waals surface area contributed by atoms with Gasteiger partial charge >= 0.3 is 5.97 Å². The highest BCUT2D eigenvalue weighted by Crippen LogP contribution is 2.19. The van der Waals surface area contributed by atoms with Crippen molar-refractivity contribution in [3.63, 3.8) is 0 Å². The van der Waals surface area contributed by atoms with Crippen LogP contribution >= 0.6 is 0 Å². The Morgan fingerprint density at radius 3 is 2.23 bits per heavy atom. The summed E-state index contributed by atoms with van der Waals surface area (Å²) in [5, 5.41) is 28.5. The molecule has 2 aromatic carbocycles. The first kappa shape index (κ1) is 35.0. The highest BCUT2D eigenvalue weighted by molar-refractivity contribution is 5.94. The van der Waals surface area contributed by atoms with Crippen molar-refractivity contribution in [1.29, 1.82) is 0 Å². The minimum atomic E-state index is -1.33. The number of aromatic amines is 2. The van der Waals surface area contributed by atoms with Crippen LogP contribution in [0.15, 0.2) is 72.2 Å². The highest BCUT2D eigenvalue weighted by atomic mass is 16.4. The van der Waals surface area contributed by atoms with Gasteiger partial charge in [-0.1, -0.05) is 30.3 Å². The molecular formula is C32H40N10O6. The van der Waals surface area contributed by atoms with Crippen LogP contribution in [-0.4, -0.2) is 85.5 Å². The fourth-order valence-corrected chi connectivity index (χ4v) is 5.12. The maximum absolute atomic E-state index is 13.7. The quantitative estimate of drug-likeness (QED) is 0.0395. The number of amides is 3. The summed E-state index contributed by atoms with van der Waals surface area (Å²) in [5.41, 5.74) is 19.6. The van der Waals surface area contributed by atoms with Gasteiger partial charge in [-0.05, 0) is 42.2 Å². The van der Waals surface area contributed by atoms with Crippen LogP contribution in [0.25, 0.3) is 10.9 Å². The number of H-pyrrole nitrogens is 2. The van der Waals surface area contributed by atoms with E-state index in [0.717, 1.165) is 10.9 Å². The number of nitrogens with zero attached hydrogens (tertiary/aromatic N) is 2. The van der Waals surface area contributed by atoms with Gasteiger partial charge in [-0.2, -0.15) is 0 Å². The molecule has 4 atom stereocenters. The second kappa shape index (κ2) is 16.6. The van der Waals surface area contributed by atoms with Crippen molar-refractivity contribution in [3.05, 3.63) is 84.1 Å². The van der Waals surface area contributed by atoms with E-state index in [1.807, 2.05) is 24.3 Å². The van der Waals surface area contributed by atoms with Gasteiger partial charge in [0.25, 0.3) is 0 Å². The maximum atomic E-state index is 13.7. The zero-order valence-corrected chi connectivity index (χ0v) is 26.1. The smallest absolute Gasteiger partial charge is 0.326 e. The van der Waals surface area contributed by atoms with E-state index in [-0.39, 0.29) is 43.9 Å². The number of hydrogen-bond donors (Lipinski definition) is 10. The molecule has 4 unspecified atom stereocenters. The van der Waals surface area contributed by atoms with Gasteiger partial charge in [0.1, 0.15) is 23.9 Å². The van der Waals surface area contributed by atoms with E-state index in [1.54, 1.807) is 18.3 Å². The SMILES string of the molecule is NC(N)=NCCCC(NC(=O)C(N)Cc1cnc[nH]1)C(=O)NC(Cc1ccc(O)cc1)C(=O)NC(Cc1c[nH]c2ccccc12)C(=O)O. The number of benzene rings is 2. The molecule has 0 aliphatic heterocycles. The second-order valence-corrected chi connectivity index (χ2v) is 11.3. The minimum Gasteiger partial charge on any atom is -0.508 e.